The minimum atomic E-state index is -4.41. The number of amides is 1. The van der Waals surface area contributed by atoms with Gasteiger partial charge >= 0.3 is 6.18 Å². The Morgan fingerprint density at radius 1 is 0.717 bits per heavy atom. The van der Waals surface area contributed by atoms with Crippen LogP contribution in [-0.4, -0.2) is 32.1 Å². The molecule has 1 aliphatic rings. The van der Waals surface area contributed by atoms with Crippen LogP contribution in [-0.2, 0) is 11.7 Å². The number of pyridine rings is 1. The molecule has 0 saturated carbocycles. The highest BCUT2D eigenvalue weighted by molar-refractivity contribution is 5.95. The lowest BCUT2D eigenvalue weighted by Gasteiger charge is -2.37. The molecule has 0 aliphatic carbocycles. The van der Waals surface area contributed by atoms with Crippen molar-refractivity contribution in [2.24, 2.45) is 0 Å². The van der Waals surface area contributed by atoms with Crippen LogP contribution < -0.4 is 0 Å². The first kappa shape index (κ1) is 29.5. The Morgan fingerprint density at radius 3 is 1.78 bits per heavy atom. The summed E-state index contributed by atoms with van der Waals surface area (Å²) in [5, 5.41) is 5.12. The third-order valence-corrected chi connectivity index (χ3v) is 8.94. The van der Waals surface area contributed by atoms with Crippen LogP contribution in [0.1, 0.15) is 62.9 Å². The molecule has 1 saturated heterocycles. The van der Waals surface area contributed by atoms with E-state index in [9.17, 15) is 18.0 Å². The third-order valence-electron chi connectivity index (χ3n) is 8.94. The van der Waals surface area contributed by atoms with Crippen molar-refractivity contribution in [3.63, 3.8) is 0 Å². The standard InChI is InChI=1S/C38H31F3N4O/c1-26-35-34(24-23-32(42-35)36(46)44-25-11-18-33(44)27-19-21-31(22-20-27)38(39,40)41)45(43-26)37(28-12-5-2-6-13-28,29-14-7-3-8-15-29)30-16-9-4-10-17-30/h2-10,12-17,19-24,33H,11,18,25H2,1H3. The highest BCUT2D eigenvalue weighted by Gasteiger charge is 2.41. The number of hydrogen-bond acceptors (Lipinski definition) is 3. The van der Waals surface area contributed by atoms with Crippen LogP contribution in [0.15, 0.2) is 127 Å². The van der Waals surface area contributed by atoms with Crippen LogP contribution >= 0.6 is 0 Å². The number of rotatable bonds is 6. The molecule has 3 heterocycles. The molecule has 0 spiro atoms. The molecule has 6 aromatic rings. The van der Waals surface area contributed by atoms with Crippen LogP contribution in [0.4, 0.5) is 13.2 Å². The molecular formula is C38H31F3N4O. The van der Waals surface area contributed by atoms with Gasteiger partial charge in [0.2, 0.25) is 0 Å². The second kappa shape index (κ2) is 11.6. The van der Waals surface area contributed by atoms with Gasteiger partial charge in [0.05, 0.1) is 22.8 Å². The number of aromatic nitrogens is 3. The summed E-state index contributed by atoms with van der Waals surface area (Å²) in [6.45, 7) is 2.40. The Hall–Kier alpha value is -5.24. The fourth-order valence-electron chi connectivity index (χ4n) is 6.82. The molecule has 1 fully saturated rings. The normalized spacial score (nSPS) is 15.4. The molecule has 8 heteroatoms. The van der Waals surface area contributed by atoms with E-state index in [-0.39, 0.29) is 17.6 Å². The molecule has 1 atom stereocenters. The molecule has 0 bridgehead atoms. The average Bonchev–Trinajstić information content (AvgIpc) is 3.71. The van der Waals surface area contributed by atoms with Crippen molar-refractivity contribution in [1.82, 2.24) is 19.7 Å². The van der Waals surface area contributed by atoms with E-state index in [1.807, 2.05) is 72.3 Å². The maximum absolute atomic E-state index is 13.9. The lowest BCUT2D eigenvalue weighted by molar-refractivity contribution is -0.137. The average molecular weight is 617 g/mol. The van der Waals surface area contributed by atoms with Gasteiger partial charge in [-0.3, -0.25) is 4.79 Å². The summed E-state index contributed by atoms with van der Waals surface area (Å²) in [5.74, 6) is -0.253. The molecular weight excluding hydrogens is 585 g/mol. The number of fused-ring (bicyclic) bond motifs is 1. The highest BCUT2D eigenvalue weighted by Crippen LogP contribution is 2.43. The van der Waals surface area contributed by atoms with Gasteiger partial charge in [0.25, 0.3) is 5.91 Å². The summed E-state index contributed by atoms with van der Waals surface area (Å²) in [7, 11) is 0. The second-order valence-electron chi connectivity index (χ2n) is 11.6. The molecule has 46 heavy (non-hydrogen) atoms. The molecule has 7 rings (SSSR count). The van der Waals surface area contributed by atoms with Gasteiger partial charge in [-0.15, -0.1) is 0 Å². The van der Waals surface area contributed by atoms with Crippen molar-refractivity contribution < 1.29 is 18.0 Å². The number of nitrogens with zero attached hydrogens (tertiary/aromatic N) is 4. The SMILES string of the molecule is Cc1nn(C(c2ccccc2)(c2ccccc2)c2ccccc2)c2ccc(C(=O)N3CCCC3c3ccc(C(F)(F)F)cc3)nc12. The van der Waals surface area contributed by atoms with E-state index < -0.39 is 17.3 Å². The van der Waals surface area contributed by atoms with E-state index in [0.29, 0.717) is 29.7 Å². The predicted molar refractivity (Wildman–Crippen MR) is 171 cm³/mol. The van der Waals surface area contributed by atoms with Gasteiger partial charge < -0.3 is 4.90 Å². The van der Waals surface area contributed by atoms with Crippen LogP contribution in [0.3, 0.4) is 0 Å². The van der Waals surface area contributed by atoms with Gasteiger partial charge in [0.15, 0.2) is 0 Å². The molecule has 1 aliphatic heterocycles. The zero-order valence-electron chi connectivity index (χ0n) is 25.2. The molecule has 230 valence electrons. The summed E-state index contributed by atoms with van der Waals surface area (Å²) in [6.07, 6.45) is -2.99. The number of carbonyl (C=O) groups excluding carboxylic acids is 1. The van der Waals surface area contributed by atoms with E-state index in [0.717, 1.165) is 40.8 Å². The van der Waals surface area contributed by atoms with Gasteiger partial charge in [-0.2, -0.15) is 18.3 Å². The van der Waals surface area contributed by atoms with E-state index >= 15 is 0 Å². The maximum Gasteiger partial charge on any atom is 0.416 e. The van der Waals surface area contributed by atoms with Crippen LogP contribution in [0.2, 0.25) is 0 Å². The number of likely N-dealkylation sites (tertiary alicyclic amines) is 1. The van der Waals surface area contributed by atoms with Crippen molar-refractivity contribution in [1.29, 1.82) is 0 Å². The first-order valence-corrected chi connectivity index (χ1v) is 15.3. The largest absolute Gasteiger partial charge is 0.416 e. The fraction of sp³-hybridized carbons (Fsp3) is 0.184. The zero-order chi connectivity index (χ0) is 31.9. The predicted octanol–water partition coefficient (Wildman–Crippen LogP) is 8.58. The number of alkyl halides is 3. The van der Waals surface area contributed by atoms with E-state index in [2.05, 4.69) is 36.4 Å². The molecule has 4 aromatic carbocycles. The van der Waals surface area contributed by atoms with Gasteiger partial charge in [-0.05, 0) is 66.3 Å². The van der Waals surface area contributed by atoms with Crippen molar-refractivity contribution in [2.45, 2.75) is 37.5 Å². The highest BCUT2D eigenvalue weighted by atomic mass is 19.4. The van der Waals surface area contributed by atoms with Crippen molar-refractivity contribution in [2.75, 3.05) is 6.54 Å². The zero-order valence-corrected chi connectivity index (χ0v) is 25.2. The Balaban J connectivity index is 1.34. The van der Waals surface area contributed by atoms with Crippen LogP contribution in [0, 0.1) is 6.92 Å². The summed E-state index contributed by atoms with van der Waals surface area (Å²) in [4.78, 5) is 20.5. The van der Waals surface area contributed by atoms with Gasteiger partial charge in [-0.25, -0.2) is 9.67 Å². The Morgan fingerprint density at radius 2 is 1.26 bits per heavy atom. The van der Waals surface area contributed by atoms with Gasteiger partial charge in [-0.1, -0.05) is 103 Å². The minimum absolute atomic E-state index is 0.253. The molecule has 1 unspecified atom stereocenters. The van der Waals surface area contributed by atoms with Crippen LogP contribution in [0.25, 0.3) is 11.0 Å². The first-order chi connectivity index (χ1) is 22.3. The minimum Gasteiger partial charge on any atom is -0.330 e. The smallest absolute Gasteiger partial charge is 0.330 e. The number of carbonyl (C=O) groups is 1. The first-order valence-electron chi connectivity index (χ1n) is 15.3. The van der Waals surface area contributed by atoms with Crippen molar-refractivity contribution in [3.8, 4) is 0 Å². The monoisotopic (exact) mass is 616 g/mol. The Labute approximate surface area is 264 Å². The lowest BCUT2D eigenvalue weighted by atomic mass is 9.77. The molecule has 2 aromatic heterocycles. The fourth-order valence-corrected chi connectivity index (χ4v) is 6.82. The molecule has 1 amide bonds. The second-order valence-corrected chi connectivity index (χ2v) is 11.6. The Kier molecular flexibility index (Phi) is 7.43. The topological polar surface area (TPSA) is 51.0 Å². The molecule has 0 radical (unpaired) electrons. The number of halogens is 3. The quantitative estimate of drug-likeness (QED) is 0.176. The summed E-state index contributed by atoms with van der Waals surface area (Å²) >= 11 is 0. The van der Waals surface area contributed by atoms with Gasteiger partial charge in [0.1, 0.15) is 16.7 Å². The Bertz CT molecular complexity index is 1890. The summed E-state index contributed by atoms with van der Waals surface area (Å²) in [6, 6.07) is 39.1. The van der Waals surface area contributed by atoms with Crippen molar-refractivity contribution >= 4 is 16.9 Å². The summed E-state index contributed by atoms with van der Waals surface area (Å²) in [5.41, 5.74) is 4.54. The third kappa shape index (κ3) is 4.94. The van der Waals surface area contributed by atoms with E-state index in [1.54, 1.807) is 11.0 Å². The number of aryl methyl sites for hydroxylation is 1. The molecule has 0 N–H and O–H groups in total. The van der Waals surface area contributed by atoms with E-state index in [4.69, 9.17) is 10.1 Å². The lowest BCUT2D eigenvalue weighted by Crippen LogP contribution is -2.38. The van der Waals surface area contributed by atoms with E-state index in [1.165, 1.54) is 12.1 Å². The number of benzene rings is 4. The van der Waals surface area contributed by atoms with Crippen molar-refractivity contribution in [3.05, 3.63) is 167 Å². The maximum atomic E-state index is 13.9. The molecule has 5 nitrogen and oxygen atoms in total. The van der Waals surface area contributed by atoms with Gasteiger partial charge in [0, 0.05) is 6.54 Å². The summed E-state index contributed by atoms with van der Waals surface area (Å²) < 4.78 is 41.5. The number of hydrogen-bond donors (Lipinski definition) is 0. The van der Waals surface area contributed by atoms with Crippen LogP contribution in [0.5, 0.6) is 0 Å².